The van der Waals surface area contributed by atoms with Crippen LogP contribution in [0.15, 0.2) is 72.8 Å². The quantitative estimate of drug-likeness (QED) is 0.568. The molecule has 3 amide bonds. The number of halogens is 2. The number of hydrogen-bond acceptors (Lipinski definition) is 4. The zero-order valence-corrected chi connectivity index (χ0v) is 16.8. The molecule has 0 atom stereocenters. The van der Waals surface area contributed by atoms with E-state index >= 15 is 0 Å². The number of hydrogen-bond donors (Lipinski definition) is 1. The Hall–Kier alpha value is -4.07. The van der Waals surface area contributed by atoms with Gasteiger partial charge in [-0.3, -0.25) is 19.3 Å². The highest BCUT2D eigenvalue weighted by atomic mass is 19.3. The number of nitrogens with zero attached hydrogens (tertiary/aromatic N) is 1. The molecule has 162 valence electrons. The normalized spacial score (nSPS) is 12.8. The summed E-state index contributed by atoms with van der Waals surface area (Å²) >= 11 is 0. The van der Waals surface area contributed by atoms with Crippen LogP contribution in [0.3, 0.4) is 0 Å². The van der Waals surface area contributed by atoms with E-state index in [2.05, 4.69) is 10.1 Å². The summed E-state index contributed by atoms with van der Waals surface area (Å²) in [6.07, 6.45) is 0. The van der Waals surface area contributed by atoms with Crippen LogP contribution in [0.4, 0.5) is 8.78 Å². The van der Waals surface area contributed by atoms with E-state index in [1.165, 1.54) is 11.0 Å². The first-order valence-corrected chi connectivity index (χ1v) is 9.79. The van der Waals surface area contributed by atoms with E-state index < -0.39 is 12.5 Å². The Morgan fingerprint density at radius 3 is 2.09 bits per heavy atom. The zero-order valence-electron chi connectivity index (χ0n) is 16.8. The van der Waals surface area contributed by atoms with Crippen molar-refractivity contribution >= 4 is 17.7 Å². The van der Waals surface area contributed by atoms with E-state index in [1.807, 2.05) is 0 Å². The summed E-state index contributed by atoms with van der Waals surface area (Å²) < 4.78 is 29.5. The lowest BCUT2D eigenvalue weighted by Gasteiger charge is -2.14. The minimum Gasteiger partial charge on any atom is -0.434 e. The Bertz CT molecular complexity index is 1140. The summed E-state index contributed by atoms with van der Waals surface area (Å²) in [7, 11) is 0. The second-order valence-electron chi connectivity index (χ2n) is 7.11. The van der Waals surface area contributed by atoms with E-state index in [9.17, 15) is 23.2 Å². The maximum atomic E-state index is 12.5. The minimum absolute atomic E-state index is 0.000841. The number of alkyl halides is 2. The number of benzene rings is 3. The van der Waals surface area contributed by atoms with Gasteiger partial charge in [0.15, 0.2) is 0 Å². The zero-order chi connectivity index (χ0) is 22.7. The van der Waals surface area contributed by atoms with Crippen LogP contribution in [-0.4, -0.2) is 29.2 Å². The van der Waals surface area contributed by atoms with Crippen LogP contribution in [0, 0.1) is 0 Å². The Morgan fingerprint density at radius 1 is 0.875 bits per heavy atom. The summed E-state index contributed by atoms with van der Waals surface area (Å²) in [5, 5.41) is 2.66. The van der Waals surface area contributed by atoms with Crippen molar-refractivity contribution in [1.29, 1.82) is 0 Å². The number of carbonyl (C=O) groups excluding carboxylic acids is 3. The van der Waals surface area contributed by atoms with Crippen molar-refractivity contribution in [2.45, 2.75) is 19.7 Å². The molecule has 0 radical (unpaired) electrons. The summed E-state index contributed by atoms with van der Waals surface area (Å²) in [5.74, 6) is -1.10. The van der Waals surface area contributed by atoms with E-state index in [4.69, 9.17) is 0 Å². The van der Waals surface area contributed by atoms with Gasteiger partial charge in [0, 0.05) is 17.7 Å². The molecule has 3 aromatic carbocycles. The molecule has 0 fully saturated rings. The predicted molar refractivity (Wildman–Crippen MR) is 111 cm³/mol. The van der Waals surface area contributed by atoms with Crippen LogP contribution in [0.25, 0.3) is 0 Å². The van der Waals surface area contributed by atoms with Crippen molar-refractivity contribution < 1.29 is 27.9 Å². The van der Waals surface area contributed by atoms with Crippen LogP contribution in [0.1, 0.15) is 42.2 Å². The van der Waals surface area contributed by atoms with Crippen molar-refractivity contribution in [3.63, 3.8) is 0 Å². The van der Waals surface area contributed by atoms with Crippen LogP contribution < -0.4 is 10.1 Å². The molecule has 0 saturated heterocycles. The molecule has 0 aliphatic carbocycles. The molecule has 3 aromatic rings. The smallest absolute Gasteiger partial charge is 0.387 e. The van der Waals surface area contributed by atoms with Gasteiger partial charge in [-0.15, -0.1) is 0 Å². The third kappa shape index (κ3) is 4.34. The average Bonchev–Trinajstić information content (AvgIpc) is 3.03. The Balaban J connectivity index is 1.39. The number of rotatable bonds is 7. The number of fused-ring (bicyclic) bond motifs is 1. The second kappa shape index (κ2) is 8.97. The Morgan fingerprint density at radius 2 is 1.47 bits per heavy atom. The van der Waals surface area contributed by atoms with Gasteiger partial charge in [-0.1, -0.05) is 42.5 Å². The number of para-hydroxylation sites is 1. The highest BCUT2D eigenvalue weighted by Crippen LogP contribution is 2.24. The van der Waals surface area contributed by atoms with Gasteiger partial charge >= 0.3 is 6.61 Å². The highest BCUT2D eigenvalue weighted by molar-refractivity contribution is 6.21. The first-order valence-electron chi connectivity index (χ1n) is 9.79. The van der Waals surface area contributed by atoms with Crippen LogP contribution >= 0.6 is 0 Å². The molecule has 1 aliphatic rings. The SMILES string of the molecule is O=C(NCc1ccccc1OC(F)F)c1ccc(CN2C(=O)c3ccccc3C2=O)cc1. The lowest BCUT2D eigenvalue weighted by molar-refractivity contribution is -0.0504. The fourth-order valence-corrected chi connectivity index (χ4v) is 3.47. The summed E-state index contributed by atoms with van der Waals surface area (Å²) in [5.41, 5.74) is 2.22. The number of ether oxygens (including phenoxy) is 1. The van der Waals surface area contributed by atoms with Gasteiger partial charge in [0.05, 0.1) is 17.7 Å². The third-order valence-corrected chi connectivity index (χ3v) is 5.06. The molecule has 4 rings (SSSR count). The van der Waals surface area contributed by atoms with Gasteiger partial charge in [-0.2, -0.15) is 8.78 Å². The van der Waals surface area contributed by atoms with Crippen molar-refractivity contribution in [2.75, 3.05) is 0 Å². The molecule has 1 N–H and O–H groups in total. The van der Waals surface area contributed by atoms with Crippen LogP contribution in [-0.2, 0) is 13.1 Å². The van der Waals surface area contributed by atoms with Crippen molar-refractivity contribution in [3.05, 3.63) is 101 Å². The molecule has 32 heavy (non-hydrogen) atoms. The Labute approximate surface area is 182 Å². The second-order valence-corrected chi connectivity index (χ2v) is 7.11. The fraction of sp³-hybridized carbons (Fsp3) is 0.125. The van der Waals surface area contributed by atoms with Crippen molar-refractivity contribution in [3.8, 4) is 5.75 Å². The van der Waals surface area contributed by atoms with Crippen LogP contribution in [0.2, 0.25) is 0 Å². The van der Waals surface area contributed by atoms with Gasteiger partial charge in [0.1, 0.15) is 5.75 Å². The topological polar surface area (TPSA) is 75.7 Å². The maximum absolute atomic E-state index is 12.5. The van der Waals surface area contributed by atoms with Crippen molar-refractivity contribution in [2.24, 2.45) is 0 Å². The van der Waals surface area contributed by atoms with E-state index in [1.54, 1.807) is 66.7 Å². The van der Waals surface area contributed by atoms with E-state index in [0.717, 1.165) is 0 Å². The molecule has 0 bridgehead atoms. The lowest BCUT2D eigenvalue weighted by Crippen LogP contribution is -2.29. The molecule has 1 heterocycles. The van der Waals surface area contributed by atoms with E-state index in [-0.39, 0.29) is 30.7 Å². The fourth-order valence-electron chi connectivity index (χ4n) is 3.47. The first-order chi connectivity index (χ1) is 15.4. The van der Waals surface area contributed by atoms with Gasteiger partial charge < -0.3 is 10.1 Å². The first kappa shape index (κ1) is 21.2. The number of carbonyl (C=O) groups is 3. The van der Waals surface area contributed by atoms with Gasteiger partial charge in [-0.05, 0) is 35.9 Å². The van der Waals surface area contributed by atoms with Crippen LogP contribution in [0.5, 0.6) is 5.75 Å². The summed E-state index contributed by atoms with van der Waals surface area (Å²) in [6, 6.07) is 19.3. The highest BCUT2D eigenvalue weighted by Gasteiger charge is 2.34. The summed E-state index contributed by atoms with van der Waals surface area (Å²) in [4.78, 5) is 38.6. The van der Waals surface area contributed by atoms with Crippen molar-refractivity contribution in [1.82, 2.24) is 10.2 Å². The molecule has 6 nitrogen and oxygen atoms in total. The van der Waals surface area contributed by atoms with Gasteiger partial charge in [-0.25, -0.2) is 0 Å². The number of nitrogens with one attached hydrogen (secondary N) is 1. The van der Waals surface area contributed by atoms with Gasteiger partial charge in [0.2, 0.25) is 0 Å². The molecule has 1 aliphatic heterocycles. The predicted octanol–water partition coefficient (Wildman–Crippen LogP) is 4.01. The van der Waals surface area contributed by atoms with E-state index in [0.29, 0.717) is 27.8 Å². The summed E-state index contributed by atoms with van der Waals surface area (Å²) in [6.45, 7) is -2.85. The molecule has 8 heteroatoms. The largest absolute Gasteiger partial charge is 0.434 e. The molecular weight excluding hydrogens is 418 g/mol. The molecule has 0 saturated carbocycles. The maximum Gasteiger partial charge on any atom is 0.387 e. The number of imide groups is 1. The molecule has 0 spiro atoms. The third-order valence-electron chi connectivity index (χ3n) is 5.06. The number of amides is 3. The molecule has 0 aromatic heterocycles. The van der Waals surface area contributed by atoms with Gasteiger partial charge in [0.25, 0.3) is 17.7 Å². The molecular formula is C24H18F2N2O4. The standard InChI is InChI=1S/C24H18F2N2O4/c25-24(26)32-20-8-4-1-5-17(20)13-27-21(29)16-11-9-15(10-12-16)14-28-22(30)18-6-2-3-7-19(18)23(28)31/h1-12,24H,13-14H2,(H,27,29). The molecule has 0 unspecified atom stereocenters. The average molecular weight is 436 g/mol. The minimum atomic E-state index is -2.96. The Kier molecular flexibility index (Phi) is 5.93. The monoisotopic (exact) mass is 436 g/mol. The lowest BCUT2D eigenvalue weighted by atomic mass is 10.1.